The molecule has 3 aromatic rings. The largest absolute Gasteiger partial charge is 0.369 e. The minimum atomic E-state index is -3.76. The Kier molecular flexibility index (Phi) is 5.79. The van der Waals surface area contributed by atoms with Gasteiger partial charge >= 0.3 is 0 Å². The molecule has 7 nitrogen and oxygen atoms in total. The molecule has 0 fully saturated rings. The van der Waals surface area contributed by atoms with Crippen molar-refractivity contribution in [2.75, 3.05) is 0 Å². The molecule has 0 radical (unpaired) electrons. The van der Waals surface area contributed by atoms with Crippen LogP contribution in [0.3, 0.4) is 0 Å². The molecule has 8 heteroatoms. The fraction of sp³-hybridized carbons (Fsp3) is 0.200. The number of unbranched alkanes of at least 4 members (excludes halogenated alkanes) is 1. The highest BCUT2D eigenvalue weighted by atomic mass is 32.2. The lowest BCUT2D eigenvalue weighted by Gasteiger charge is -2.07. The number of aromatic nitrogens is 1. The number of nitrogens with zero attached hydrogens (tertiary/aromatic N) is 2. The molecule has 2 aromatic carbocycles. The SMILES string of the molecule is CCCC/C(=N\NC(=N)N)c1cn(S(=O)(=O)c2ccccc2)c2ccccc12. The molecule has 3 rings (SSSR count). The fourth-order valence-electron chi connectivity index (χ4n) is 3.01. The van der Waals surface area contributed by atoms with Gasteiger partial charge in [-0.1, -0.05) is 49.7 Å². The number of para-hydroxylation sites is 1. The van der Waals surface area contributed by atoms with E-state index in [1.54, 1.807) is 48.7 Å². The maximum absolute atomic E-state index is 13.2. The predicted molar refractivity (Wildman–Crippen MR) is 112 cm³/mol. The summed E-state index contributed by atoms with van der Waals surface area (Å²) in [5.74, 6) is -0.269. The Morgan fingerprint density at radius 2 is 1.82 bits per heavy atom. The Hall–Kier alpha value is -3.13. The van der Waals surface area contributed by atoms with Gasteiger partial charge in [-0.2, -0.15) is 5.10 Å². The maximum Gasteiger partial charge on any atom is 0.268 e. The number of benzene rings is 2. The minimum Gasteiger partial charge on any atom is -0.369 e. The van der Waals surface area contributed by atoms with E-state index in [0.717, 1.165) is 18.2 Å². The summed E-state index contributed by atoms with van der Waals surface area (Å²) in [6, 6.07) is 15.6. The zero-order chi connectivity index (χ0) is 20.1. The average molecular weight is 398 g/mol. The van der Waals surface area contributed by atoms with Crippen LogP contribution in [0, 0.1) is 5.41 Å². The van der Waals surface area contributed by atoms with E-state index in [9.17, 15) is 8.42 Å². The Balaban J connectivity index is 2.20. The van der Waals surface area contributed by atoms with Crippen molar-refractivity contribution in [3.63, 3.8) is 0 Å². The van der Waals surface area contributed by atoms with Gasteiger partial charge in [-0.05, 0) is 31.0 Å². The quantitative estimate of drug-likeness (QED) is 0.322. The first-order valence-corrected chi connectivity index (χ1v) is 10.5. The zero-order valence-corrected chi connectivity index (χ0v) is 16.4. The van der Waals surface area contributed by atoms with E-state index in [1.807, 2.05) is 12.1 Å². The van der Waals surface area contributed by atoms with Crippen molar-refractivity contribution in [2.45, 2.75) is 31.1 Å². The van der Waals surface area contributed by atoms with E-state index in [0.29, 0.717) is 23.2 Å². The lowest BCUT2D eigenvalue weighted by Crippen LogP contribution is -2.27. The highest BCUT2D eigenvalue weighted by Crippen LogP contribution is 2.27. The van der Waals surface area contributed by atoms with E-state index in [4.69, 9.17) is 11.1 Å². The third-order valence-corrected chi connectivity index (χ3v) is 6.06. The number of nitrogens with two attached hydrogens (primary N) is 1. The summed E-state index contributed by atoms with van der Waals surface area (Å²) in [7, 11) is -3.76. The second kappa shape index (κ2) is 8.26. The van der Waals surface area contributed by atoms with E-state index in [2.05, 4.69) is 17.5 Å². The van der Waals surface area contributed by atoms with Crippen molar-refractivity contribution in [1.82, 2.24) is 9.40 Å². The molecule has 146 valence electrons. The molecule has 0 saturated heterocycles. The number of fused-ring (bicyclic) bond motifs is 1. The van der Waals surface area contributed by atoms with Crippen LogP contribution < -0.4 is 11.2 Å². The zero-order valence-electron chi connectivity index (χ0n) is 15.6. The Bertz CT molecular complexity index is 1120. The highest BCUT2D eigenvalue weighted by molar-refractivity contribution is 7.90. The van der Waals surface area contributed by atoms with Crippen molar-refractivity contribution in [1.29, 1.82) is 5.41 Å². The number of hydrogen-bond donors (Lipinski definition) is 3. The Labute approximate surface area is 164 Å². The summed E-state index contributed by atoms with van der Waals surface area (Å²) in [6.07, 6.45) is 4.07. The molecule has 1 aromatic heterocycles. The van der Waals surface area contributed by atoms with Gasteiger partial charge in [-0.25, -0.2) is 17.8 Å². The van der Waals surface area contributed by atoms with Crippen LogP contribution in [0.1, 0.15) is 31.7 Å². The van der Waals surface area contributed by atoms with Crippen LogP contribution in [0.2, 0.25) is 0 Å². The van der Waals surface area contributed by atoms with Gasteiger partial charge in [-0.3, -0.25) is 5.41 Å². The molecule has 0 bridgehead atoms. The summed E-state index contributed by atoms with van der Waals surface area (Å²) >= 11 is 0. The van der Waals surface area contributed by atoms with Crippen molar-refractivity contribution in [3.8, 4) is 0 Å². The average Bonchev–Trinajstić information content (AvgIpc) is 3.09. The van der Waals surface area contributed by atoms with Gasteiger partial charge in [0, 0.05) is 17.1 Å². The van der Waals surface area contributed by atoms with Crippen LogP contribution in [0.5, 0.6) is 0 Å². The fourth-order valence-corrected chi connectivity index (χ4v) is 4.40. The lowest BCUT2D eigenvalue weighted by atomic mass is 10.0. The standard InChI is InChI=1S/C20H23N5O2S/c1-2-3-12-18(23-24-20(21)22)17-14-25(19-13-8-7-11-16(17)19)28(26,27)15-9-5-4-6-10-15/h4-11,13-14H,2-3,12H2,1H3,(H4,21,22,24)/b23-18+. The number of nitrogens with one attached hydrogen (secondary N) is 2. The van der Waals surface area contributed by atoms with E-state index >= 15 is 0 Å². The second-order valence-electron chi connectivity index (χ2n) is 6.36. The lowest BCUT2D eigenvalue weighted by molar-refractivity contribution is 0.589. The molecule has 4 N–H and O–H groups in total. The molecule has 0 aliphatic rings. The number of guanidine groups is 1. The van der Waals surface area contributed by atoms with E-state index in [-0.39, 0.29) is 10.9 Å². The van der Waals surface area contributed by atoms with Crippen molar-refractivity contribution >= 4 is 32.6 Å². The van der Waals surface area contributed by atoms with Crippen molar-refractivity contribution in [3.05, 3.63) is 66.4 Å². The molecule has 28 heavy (non-hydrogen) atoms. The first kappa shape index (κ1) is 19.6. The van der Waals surface area contributed by atoms with Gasteiger partial charge in [0.05, 0.1) is 16.1 Å². The first-order chi connectivity index (χ1) is 13.4. The van der Waals surface area contributed by atoms with Gasteiger partial charge in [0.1, 0.15) is 0 Å². The highest BCUT2D eigenvalue weighted by Gasteiger charge is 2.22. The summed E-state index contributed by atoms with van der Waals surface area (Å²) in [6.45, 7) is 2.07. The summed E-state index contributed by atoms with van der Waals surface area (Å²) in [5, 5.41) is 12.4. The summed E-state index contributed by atoms with van der Waals surface area (Å²) in [4.78, 5) is 0.219. The molecule has 0 amide bonds. The van der Waals surface area contributed by atoms with Crippen molar-refractivity contribution in [2.24, 2.45) is 10.8 Å². The van der Waals surface area contributed by atoms with Crippen LogP contribution in [0.15, 0.2) is 70.8 Å². The molecule has 0 atom stereocenters. The molecular weight excluding hydrogens is 374 g/mol. The van der Waals surface area contributed by atoms with Gasteiger partial charge in [0.25, 0.3) is 10.0 Å². The van der Waals surface area contributed by atoms with Gasteiger partial charge in [0.15, 0.2) is 0 Å². The number of rotatable bonds is 7. The predicted octanol–water partition coefficient (Wildman–Crippen LogP) is 3.26. The smallest absolute Gasteiger partial charge is 0.268 e. The van der Waals surface area contributed by atoms with Gasteiger partial charge < -0.3 is 5.73 Å². The van der Waals surface area contributed by atoms with Crippen LogP contribution in [0.4, 0.5) is 0 Å². The maximum atomic E-state index is 13.2. The normalized spacial score (nSPS) is 12.2. The monoisotopic (exact) mass is 397 g/mol. The molecule has 0 aliphatic carbocycles. The summed E-state index contributed by atoms with van der Waals surface area (Å²) in [5.41, 5.74) is 9.81. The minimum absolute atomic E-state index is 0.219. The Morgan fingerprint density at radius 1 is 1.14 bits per heavy atom. The number of hydrazone groups is 1. The van der Waals surface area contributed by atoms with Crippen LogP contribution >= 0.6 is 0 Å². The Morgan fingerprint density at radius 3 is 2.50 bits per heavy atom. The molecule has 0 saturated carbocycles. The second-order valence-corrected chi connectivity index (χ2v) is 8.18. The topological polar surface area (TPSA) is 113 Å². The molecule has 0 unspecified atom stereocenters. The summed E-state index contributed by atoms with van der Waals surface area (Å²) < 4.78 is 27.7. The van der Waals surface area contributed by atoms with Gasteiger partial charge in [-0.15, -0.1) is 0 Å². The molecular formula is C20H23N5O2S. The third-order valence-electron chi connectivity index (χ3n) is 4.37. The third kappa shape index (κ3) is 3.91. The van der Waals surface area contributed by atoms with E-state index in [1.165, 1.54) is 3.97 Å². The first-order valence-electron chi connectivity index (χ1n) is 9.03. The van der Waals surface area contributed by atoms with Crippen LogP contribution in [-0.2, 0) is 10.0 Å². The van der Waals surface area contributed by atoms with Crippen LogP contribution in [-0.4, -0.2) is 24.1 Å². The molecule has 0 aliphatic heterocycles. The molecule has 1 heterocycles. The molecule has 0 spiro atoms. The van der Waals surface area contributed by atoms with Gasteiger partial charge in [0.2, 0.25) is 5.96 Å². The van der Waals surface area contributed by atoms with Crippen LogP contribution in [0.25, 0.3) is 10.9 Å². The number of hydrogen-bond acceptors (Lipinski definition) is 4. The van der Waals surface area contributed by atoms with Crippen molar-refractivity contribution < 1.29 is 8.42 Å². The van der Waals surface area contributed by atoms with E-state index < -0.39 is 10.0 Å².